The Bertz CT molecular complexity index is 897. The van der Waals surface area contributed by atoms with Gasteiger partial charge in [0.2, 0.25) is 0 Å². The van der Waals surface area contributed by atoms with Crippen LogP contribution in [0.3, 0.4) is 0 Å². The molecule has 0 spiro atoms. The molecule has 2 aromatic carbocycles. The summed E-state index contributed by atoms with van der Waals surface area (Å²) in [7, 11) is 1.29. The molecular formula is C20H17Cl2NO4. The molecule has 5 nitrogen and oxygen atoms in total. The van der Waals surface area contributed by atoms with Gasteiger partial charge < -0.3 is 14.4 Å². The van der Waals surface area contributed by atoms with Gasteiger partial charge in [-0.3, -0.25) is 4.79 Å². The predicted octanol–water partition coefficient (Wildman–Crippen LogP) is 3.88. The molecule has 0 unspecified atom stereocenters. The zero-order valence-electron chi connectivity index (χ0n) is 14.5. The van der Waals surface area contributed by atoms with E-state index in [0.29, 0.717) is 21.6 Å². The number of amides is 1. The number of carbonyl (C=O) groups excluding carboxylic acids is 2. The van der Waals surface area contributed by atoms with E-state index in [1.54, 1.807) is 36.4 Å². The molecule has 0 aliphatic carbocycles. The van der Waals surface area contributed by atoms with Gasteiger partial charge in [0.25, 0.3) is 5.91 Å². The van der Waals surface area contributed by atoms with Crippen LogP contribution in [0.25, 0.3) is 0 Å². The van der Waals surface area contributed by atoms with E-state index in [2.05, 4.69) is 0 Å². The molecule has 27 heavy (non-hydrogen) atoms. The minimum Gasteiger partial charge on any atom is -0.467 e. The Morgan fingerprint density at radius 3 is 2.44 bits per heavy atom. The van der Waals surface area contributed by atoms with Crippen molar-refractivity contribution in [3.05, 3.63) is 76.0 Å². The molecule has 1 heterocycles. The Balaban J connectivity index is 1.78. The summed E-state index contributed by atoms with van der Waals surface area (Å²) < 4.78 is 10.6. The van der Waals surface area contributed by atoms with E-state index in [0.717, 1.165) is 5.56 Å². The Morgan fingerprint density at radius 1 is 1.11 bits per heavy atom. The van der Waals surface area contributed by atoms with Crippen molar-refractivity contribution in [1.82, 2.24) is 4.90 Å². The van der Waals surface area contributed by atoms with Crippen LogP contribution in [0, 0.1) is 0 Å². The van der Waals surface area contributed by atoms with Crippen LogP contribution in [0.15, 0.2) is 60.4 Å². The first kappa shape index (κ1) is 19.3. The lowest BCUT2D eigenvalue weighted by Crippen LogP contribution is -2.45. The highest BCUT2D eigenvalue weighted by atomic mass is 35.5. The lowest BCUT2D eigenvalue weighted by Gasteiger charge is -2.26. The number of benzene rings is 2. The number of hydrogen-bond donors (Lipinski definition) is 0. The van der Waals surface area contributed by atoms with Crippen LogP contribution < -0.4 is 4.74 Å². The Labute approximate surface area is 167 Å². The third-order valence-electron chi connectivity index (χ3n) is 4.19. The first-order valence-corrected chi connectivity index (χ1v) is 9.00. The first-order valence-electron chi connectivity index (χ1n) is 8.24. The smallest absolute Gasteiger partial charge is 0.328 e. The van der Waals surface area contributed by atoms with Gasteiger partial charge in [0.15, 0.2) is 0 Å². The summed E-state index contributed by atoms with van der Waals surface area (Å²) in [6.07, 6.45) is 1.59. The maximum atomic E-state index is 12.5. The van der Waals surface area contributed by atoms with Crippen molar-refractivity contribution < 1.29 is 19.1 Å². The summed E-state index contributed by atoms with van der Waals surface area (Å²) in [5.41, 5.74) is 0.753. The summed E-state index contributed by atoms with van der Waals surface area (Å²) in [6.45, 7) is 0.133. The third kappa shape index (κ3) is 4.43. The van der Waals surface area contributed by atoms with Crippen LogP contribution in [0.5, 0.6) is 5.75 Å². The largest absolute Gasteiger partial charge is 0.467 e. The van der Waals surface area contributed by atoms with Crippen molar-refractivity contribution in [1.29, 1.82) is 0 Å². The second kappa shape index (κ2) is 8.46. The zero-order valence-corrected chi connectivity index (χ0v) is 16.0. The van der Waals surface area contributed by atoms with Crippen molar-refractivity contribution in [3.63, 3.8) is 0 Å². The monoisotopic (exact) mass is 405 g/mol. The fraction of sp³-hybridized carbons (Fsp3) is 0.200. The van der Waals surface area contributed by atoms with Gasteiger partial charge in [-0.1, -0.05) is 53.5 Å². The normalized spacial score (nSPS) is 14.7. The van der Waals surface area contributed by atoms with E-state index in [4.69, 9.17) is 32.7 Å². The summed E-state index contributed by atoms with van der Waals surface area (Å²) >= 11 is 12.3. The fourth-order valence-corrected chi connectivity index (χ4v) is 3.22. The van der Waals surface area contributed by atoms with Crippen LogP contribution in [0.4, 0.5) is 0 Å². The number of nitrogens with zero attached hydrogens (tertiary/aromatic N) is 1. The average molecular weight is 406 g/mol. The Morgan fingerprint density at radius 2 is 1.78 bits per heavy atom. The lowest BCUT2D eigenvalue weighted by molar-refractivity contribution is -0.150. The quantitative estimate of drug-likeness (QED) is 0.684. The Hall–Kier alpha value is -2.50. The molecule has 0 bridgehead atoms. The third-order valence-corrected chi connectivity index (χ3v) is 4.87. The fourth-order valence-electron chi connectivity index (χ4n) is 2.84. The first-order chi connectivity index (χ1) is 13.0. The van der Waals surface area contributed by atoms with E-state index in [9.17, 15) is 9.59 Å². The maximum Gasteiger partial charge on any atom is 0.328 e. The number of methoxy groups -OCH3 is 1. The molecule has 140 valence electrons. The second-order valence-corrected chi connectivity index (χ2v) is 6.76. The molecule has 1 aliphatic heterocycles. The van der Waals surface area contributed by atoms with Crippen LogP contribution in [-0.2, 0) is 20.7 Å². The predicted molar refractivity (Wildman–Crippen MR) is 103 cm³/mol. The van der Waals surface area contributed by atoms with E-state index >= 15 is 0 Å². The van der Waals surface area contributed by atoms with E-state index < -0.39 is 12.0 Å². The number of ether oxygens (including phenoxy) is 2. The van der Waals surface area contributed by atoms with E-state index in [1.807, 2.05) is 12.1 Å². The van der Waals surface area contributed by atoms with Gasteiger partial charge >= 0.3 is 5.97 Å². The van der Waals surface area contributed by atoms with E-state index in [1.165, 1.54) is 18.1 Å². The molecule has 0 fully saturated rings. The molecule has 0 aromatic heterocycles. The van der Waals surface area contributed by atoms with Gasteiger partial charge in [-0.2, -0.15) is 0 Å². The molecule has 0 radical (unpaired) electrons. The SMILES string of the molecule is COC(=O)[C@H](Cc1ccccc1Cl)N1CC(Oc2ccccc2Cl)=CC1=O. The topological polar surface area (TPSA) is 55.8 Å². The number of carbonyl (C=O) groups is 2. The molecule has 2 aromatic rings. The van der Waals surface area contributed by atoms with Crippen LogP contribution in [-0.4, -0.2) is 36.5 Å². The molecule has 0 saturated heterocycles. The summed E-state index contributed by atoms with van der Waals surface area (Å²) in [5, 5.41) is 0.962. The van der Waals surface area contributed by atoms with Crippen molar-refractivity contribution in [2.75, 3.05) is 13.7 Å². The van der Waals surface area contributed by atoms with Gasteiger partial charge in [-0.05, 0) is 23.8 Å². The number of esters is 1. The van der Waals surface area contributed by atoms with Crippen LogP contribution in [0.2, 0.25) is 10.0 Å². The number of para-hydroxylation sites is 1. The molecular weight excluding hydrogens is 389 g/mol. The molecule has 1 amide bonds. The van der Waals surface area contributed by atoms with Gasteiger partial charge in [0.1, 0.15) is 17.6 Å². The minimum absolute atomic E-state index is 0.133. The van der Waals surface area contributed by atoms with Crippen LogP contribution in [0.1, 0.15) is 5.56 Å². The lowest BCUT2D eigenvalue weighted by atomic mass is 10.0. The van der Waals surface area contributed by atoms with Crippen LogP contribution >= 0.6 is 23.2 Å². The maximum absolute atomic E-state index is 12.5. The molecule has 1 atom stereocenters. The molecule has 0 saturated carbocycles. The van der Waals surface area contributed by atoms with Gasteiger partial charge in [0.05, 0.1) is 18.7 Å². The standard InChI is InChI=1S/C20H17Cl2NO4/c1-26-20(25)17(10-13-6-2-3-7-15(13)21)23-12-14(11-19(23)24)27-18-9-5-4-8-16(18)22/h2-9,11,17H,10,12H2,1H3/t17-/m0/s1. The highest BCUT2D eigenvalue weighted by molar-refractivity contribution is 6.32. The van der Waals surface area contributed by atoms with Gasteiger partial charge in [-0.15, -0.1) is 0 Å². The van der Waals surface area contributed by atoms with Crippen molar-refractivity contribution in [2.45, 2.75) is 12.5 Å². The average Bonchev–Trinajstić information content (AvgIpc) is 3.02. The van der Waals surface area contributed by atoms with Crippen molar-refractivity contribution in [3.8, 4) is 5.75 Å². The number of halogens is 2. The second-order valence-electron chi connectivity index (χ2n) is 5.94. The summed E-state index contributed by atoms with van der Waals surface area (Å²) in [4.78, 5) is 26.2. The number of rotatable bonds is 6. The van der Waals surface area contributed by atoms with Gasteiger partial charge in [0, 0.05) is 17.5 Å². The molecule has 0 N–H and O–H groups in total. The van der Waals surface area contributed by atoms with E-state index in [-0.39, 0.29) is 18.9 Å². The summed E-state index contributed by atoms with van der Waals surface area (Å²) in [5.74, 6) is -0.00267. The van der Waals surface area contributed by atoms with Gasteiger partial charge in [-0.25, -0.2) is 4.79 Å². The zero-order chi connectivity index (χ0) is 19.4. The molecule has 3 rings (SSSR count). The van der Waals surface area contributed by atoms with Crippen molar-refractivity contribution >= 4 is 35.1 Å². The molecule has 1 aliphatic rings. The highest BCUT2D eigenvalue weighted by Crippen LogP contribution is 2.28. The van der Waals surface area contributed by atoms with Crippen molar-refractivity contribution in [2.24, 2.45) is 0 Å². The molecule has 7 heteroatoms. The minimum atomic E-state index is -0.814. The highest BCUT2D eigenvalue weighted by Gasteiger charge is 2.35. The number of hydrogen-bond acceptors (Lipinski definition) is 4. The summed E-state index contributed by atoms with van der Waals surface area (Å²) in [6, 6.07) is 13.3. The Kier molecular flexibility index (Phi) is 6.04.